The molecule has 0 saturated carbocycles. The molecule has 144 valence electrons. The minimum Gasteiger partial charge on any atom is -0.379 e. The van der Waals surface area contributed by atoms with E-state index in [1.165, 1.54) is 12.1 Å². The van der Waals surface area contributed by atoms with Crippen molar-refractivity contribution in [3.05, 3.63) is 28.3 Å². The van der Waals surface area contributed by atoms with Crippen molar-refractivity contribution in [2.24, 2.45) is 5.92 Å². The highest BCUT2D eigenvalue weighted by Crippen LogP contribution is 2.31. The first-order chi connectivity index (χ1) is 12.3. The highest BCUT2D eigenvalue weighted by atomic mass is 32.2. The monoisotopic (exact) mass is 383 g/mol. The van der Waals surface area contributed by atoms with Crippen LogP contribution in [0.4, 0.5) is 11.4 Å². The fourth-order valence-electron chi connectivity index (χ4n) is 3.74. The lowest BCUT2D eigenvalue weighted by molar-refractivity contribution is -0.387. The third-order valence-electron chi connectivity index (χ3n) is 5.04. The molecule has 1 atom stereocenters. The second-order valence-corrected chi connectivity index (χ2v) is 9.03. The predicted octanol–water partition coefficient (Wildman–Crippen LogP) is 1.55. The normalized spacial score (nSPS) is 22.3. The molecule has 2 aliphatic heterocycles. The summed E-state index contributed by atoms with van der Waals surface area (Å²) < 4.78 is 29.3. The molecule has 2 aliphatic rings. The van der Waals surface area contributed by atoms with E-state index in [1.54, 1.807) is 6.07 Å². The molecule has 8 nitrogen and oxygen atoms in total. The van der Waals surface area contributed by atoms with Gasteiger partial charge in [-0.1, -0.05) is 0 Å². The van der Waals surface area contributed by atoms with Crippen molar-refractivity contribution in [1.29, 1.82) is 0 Å². The van der Waals surface area contributed by atoms with Crippen molar-refractivity contribution < 1.29 is 18.1 Å². The first-order valence-corrected chi connectivity index (χ1v) is 10.8. The van der Waals surface area contributed by atoms with Crippen molar-refractivity contribution in [3.63, 3.8) is 0 Å². The number of anilines is 1. The van der Waals surface area contributed by atoms with Crippen LogP contribution < -0.4 is 4.90 Å². The first kappa shape index (κ1) is 19.1. The molecule has 0 spiro atoms. The van der Waals surface area contributed by atoms with Gasteiger partial charge in [0.05, 0.1) is 18.1 Å². The lowest BCUT2D eigenvalue weighted by atomic mass is 9.96. The van der Waals surface area contributed by atoms with Gasteiger partial charge in [-0.05, 0) is 30.9 Å². The molecule has 0 aliphatic carbocycles. The van der Waals surface area contributed by atoms with Crippen LogP contribution in [0.1, 0.15) is 12.8 Å². The SMILES string of the molecule is CS(=O)(=O)c1cc(N2CCCC(CN3CCOCC3)C2)ccc1[N+](=O)[O-]. The number of hydrogen-bond donors (Lipinski definition) is 0. The third kappa shape index (κ3) is 4.52. The molecule has 0 amide bonds. The summed E-state index contributed by atoms with van der Waals surface area (Å²) in [4.78, 5) is 14.8. The molecule has 2 heterocycles. The molecule has 26 heavy (non-hydrogen) atoms. The van der Waals surface area contributed by atoms with Crippen LogP contribution >= 0.6 is 0 Å². The van der Waals surface area contributed by atoms with Gasteiger partial charge in [0.2, 0.25) is 0 Å². The number of piperidine rings is 1. The Labute approximate surface area is 153 Å². The van der Waals surface area contributed by atoms with Crippen molar-refractivity contribution in [1.82, 2.24) is 4.90 Å². The van der Waals surface area contributed by atoms with E-state index >= 15 is 0 Å². The van der Waals surface area contributed by atoms with Gasteiger partial charge >= 0.3 is 0 Å². The van der Waals surface area contributed by atoms with Crippen LogP contribution in [0.5, 0.6) is 0 Å². The summed E-state index contributed by atoms with van der Waals surface area (Å²) >= 11 is 0. The smallest absolute Gasteiger partial charge is 0.288 e. The Balaban J connectivity index is 1.76. The van der Waals surface area contributed by atoms with E-state index in [0.29, 0.717) is 5.92 Å². The molecule has 0 N–H and O–H groups in total. The summed E-state index contributed by atoms with van der Waals surface area (Å²) in [6, 6.07) is 4.41. The van der Waals surface area contributed by atoms with Crippen LogP contribution in [-0.2, 0) is 14.6 Å². The van der Waals surface area contributed by atoms with E-state index in [4.69, 9.17) is 4.74 Å². The molecule has 0 aromatic heterocycles. The quantitative estimate of drug-likeness (QED) is 0.562. The number of nitro groups is 1. The molecular formula is C17H25N3O5S. The minimum absolute atomic E-state index is 0.213. The van der Waals surface area contributed by atoms with Crippen LogP contribution in [0.2, 0.25) is 0 Å². The lowest BCUT2D eigenvalue weighted by Gasteiger charge is -2.38. The fourth-order valence-corrected chi connectivity index (χ4v) is 4.60. The average Bonchev–Trinajstić information content (AvgIpc) is 2.61. The van der Waals surface area contributed by atoms with Crippen LogP contribution in [0.3, 0.4) is 0 Å². The van der Waals surface area contributed by atoms with Gasteiger partial charge in [-0.2, -0.15) is 0 Å². The maximum atomic E-state index is 12.0. The van der Waals surface area contributed by atoms with E-state index in [-0.39, 0.29) is 10.6 Å². The van der Waals surface area contributed by atoms with Crippen LogP contribution in [0, 0.1) is 16.0 Å². The van der Waals surface area contributed by atoms with Gasteiger partial charge in [0.15, 0.2) is 9.84 Å². The van der Waals surface area contributed by atoms with Gasteiger partial charge in [0, 0.05) is 50.7 Å². The number of nitrogens with zero attached hydrogens (tertiary/aromatic N) is 3. The number of morpholine rings is 1. The summed E-state index contributed by atoms with van der Waals surface area (Å²) in [5.74, 6) is 0.499. The third-order valence-corrected chi connectivity index (χ3v) is 6.17. The average molecular weight is 383 g/mol. The molecular weight excluding hydrogens is 358 g/mol. The van der Waals surface area contributed by atoms with Crippen LogP contribution in [-0.4, -0.2) is 70.4 Å². The molecule has 2 saturated heterocycles. The highest BCUT2D eigenvalue weighted by Gasteiger charge is 2.27. The molecule has 0 bridgehead atoms. The minimum atomic E-state index is -3.67. The Kier molecular flexibility index (Phi) is 5.79. The van der Waals surface area contributed by atoms with Crippen molar-refractivity contribution in [2.45, 2.75) is 17.7 Å². The summed E-state index contributed by atoms with van der Waals surface area (Å²) in [5, 5.41) is 11.1. The standard InChI is InChI=1S/C17H25N3O5S/c1-26(23,24)17-11-15(4-5-16(17)20(21)22)19-6-2-3-14(13-19)12-18-7-9-25-10-8-18/h4-5,11,14H,2-3,6-10,12-13H2,1H3. The zero-order chi connectivity index (χ0) is 18.7. The number of ether oxygens (including phenoxy) is 1. The van der Waals surface area contributed by atoms with E-state index in [9.17, 15) is 18.5 Å². The van der Waals surface area contributed by atoms with Gasteiger partial charge < -0.3 is 9.64 Å². The van der Waals surface area contributed by atoms with Gasteiger partial charge in [0.25, 0.3) is 5.69 Å². The number of rotatable bonds is 5. The van der Waals surface area contributed by atoms with Gasteiger partial charge in [-0.3, -0.25) is 15.0 Å². The first-order valence-electron chi connectivity index (χ1n) is 8.88. The Morgan fingerprint density at radius 1 is 1.27 bits per heavy atom. The van der Waals surface area contributed by atoms with E-state index in [2.05, 4.69) is 9.80 Å². The van der Waals surface area contributed by atoms with Gasteiger partial charge in [-0.25, -0.2) is 8.42 Å². The number of benzene rings is 1. The van der Waals surface area contributed by atoms with E-state index in [0.717, 1.165) is 70.7 Å². The molecule has 1 aromatic rings. The van der Waals surface area contributed by atoms with Crippen molar-refractivity contribution in [2.75, 3.05) is 57.1 Å². The molecule has 2 fully saturated rings. The summed E-state index contributed by atoms with van der Waals surface area (Å²) in [7, 11) is -3.67. The maximum Gasteiger partial charge on any atom is 0.288 e. The number of sulfone groups is 1. The maximum absolute atomic E-state index is 12.0. The van der Waals surface area contributed by atoms with Gasteiger partial charge in [0.1, 0.15) is 4.90 Å². The largest absolute Gasteiger partial charge is 0.379 e. The zero-order valence-electron chi connectivity index (χ0n) is 15.0. The Morgan fingerprint density at radius 2 is 2.00 bits per heavy atom. The fraction of sp³-hybridized carbons (Fsp3) is 0.647. The van der Waals surface area contributed by atoms with Crippen molar-refractivity contribution >= 4 is 21.2 Å². The Bertz CT molecular complexity index is 762. The predicted molar refractivity (Wildman–Crippen MR) is 98.4 cm³/mol. The van der Waals surface area contributed by atoms with Crippen LogP contribution in [0.15, 0.2) is 23.1 Å². The zero-order valence-corrected chi connectivity index (χ0v) is 15.8. The molecule has 9 heteroatoms. The van der Waals surface area contributed by atoms with Crippen molar-refractivity contribution in [3.8, 4) is 0 Å². The number of nitro benzene ring substituents is 1. The Hall–Kier alpha value is -1.71. The molecule has 1 unspecified atom stereocenters. The lowest BCUT2D eigenvalue weighted by Crippen LogP contribution is -2.44. The summed E-state index contributed by atoms with van der Waals surface area (Å²) in [6.45, 7) is 6.12. The second kappa shape index (κ2) is 7.89. The highest BCUT2D eigenvalue weighted by molar-refractivity contribution is 7.90. The topological polar surface area (TPSA) is 93.0 Å². The summed E-state index contributed by atoms with van der Waals surface area (Å²) in [6.07, 6.45) is 3.18. The van der Waals surface area contributed by atoms with E-state index in [1.807, 2.05) is 0 Å². The molecule has 1 aromatic carbocycles. The second-order valence-electron chi connectivity index (χ2n) is 7.05. The Morgan fingerprint density at radius 3 is 2.65 bits per heavy atom. The van der Waals surface area contributed by atoms with Gasteiger partial charge in [-0.15, -0.1) is 0 Å². The van der Waals surface area contributed by atoms with E-state index < -0.39 is 14.8 Å². The summed E-state index contributed by atoms with van der Waals surface area (Å²) in [5.41, 5.74) is 0.376. The van der Waals surface area contributed by atoms with Crippen LogP contribution in [0.25, 0.3) is 0 Å². The molecule has 0 radical (unpaired) electrons. The number of hydrogen-bond acceptors (Lipinski definition) is 7. The molecule has 3 rings (SSSR count).